The van der Waals surface area contributed by atoms with Crippen LogP contribution >= 0.6 is 0 Å². The van der Waals surface area contributed by atoms with Crippen molar-refractivity contribution in [3.05, 3.63) is 39.9 Å². The van der Waals surface area contributed by atoms with Crippen LogP contribution in [0.4, 0.5) is 5.69 Å². The topological polar surface area (TPSA) is 142 Å². The van der Waals surface area contributed by atoms with Gasteiger partial charge >= 0.3 is 183 Å². The minimum absolute atomic E-state index is 0.0146. The van der Waals surface area contributed by atoms with Crippen molar-refractivity contribution in [1.82, 2.24) is 4.90 Å². The maximum absolute atomic E-state index is 13.0. The van der Waals surface area contributed by atoms with Crippen molar-refractivity contribution in [2.75, 3.05) is 13.2 Å². The van der Waals surface area contributed by atoms with Crippen LogP contribution in [0.15, 0.2) is 24.3 Å². The quantitative estimate of drug-likeness (QED) is 0.0954. The second-order valence-corrected chi connectivity index (χ2v) is 9.68. The molecule has 166 valence electrons. The normalized spacial score (nSPS) is 21.0. The number of nitro benzene ring substituents is 1. The first-order valence-corrected chi connectivity index (χ1v) is 11.3. The first kappa shape index (κ1) is 22.7. The van der Waals surface area contributed by atoms with Crippen LogP contribution in [0.25, 0.3) is 0 Å². The monoisotopic (exact) mass is 500 g/mol. The summed E-state index contributed by atoms with van der Waals surface area (Å²) in [6.07, 6.45) is 0.132. The Hall–Kier alpha value is -2.98. The van der Waals surface area contributed by atoms with Gasteiger partial charge in [-0.3, -0.25) is 0 Å². The third kappa shape index (κ3) is 4.00. The Morgan fingerprint density at radius 2 is 1.71 bits per heavy atom. The second-order valence-electron chi connectivity index (χ2n) is 6.69. The number of ether oxygens (including phenoxy) is 3. The number of nitrogens with zero attached hydrogens (tertiary/aromatic N) is 2. The number of non-ortho nitro benzene ring substituents is 1. The summed E-state index contributed by atoms with van der Waals surface area (Å²) in [5.74, 6) is -3.11. The molecule has 2 atom stereocenters. The summed E-state index contributed by atoms with van der Waals surface area (Å²) in [5.41, 5.74) is 0.345. The fourth-order valence-corrected chi connectivity index (χ4v) is 6.87. The molecule has 2 fully saturated rings. The molecule has 2 saturated heterocycles. The first-order valence-electron chi connectivity index (χ1n) is 9.49. The van der Waals surface area contributed by atoms with E-state index in [0.717, 1.165) is 0 Å². The van der Waals surface area contributed by atoms with E-state index < -0.39 is 53.1 Å². The number of carbonyl (C=O) groups excluding carboxylic acids is 4. The molecular weight excluding hydrogens is 479 g/mol. The van der Waals surface area contributed by atoms with Gasteiger partial charge in [-0.15, -0.1) is 0 Å². The number of esters is 3. The van der Waals surface area contributed by atoms with Crippen molar-refractivity contribution in [2.45, 2.75) is 42.2 Å². The summed E-state index contributed by atoms with van der Waals surface area (Å²) in [5, 5.41) is 10.8. The standard InChI is InChI=1S/C19H20N2O9Se/c1-3-28-17(24)19(18(25)29-4-2)15(20-13(22)9-14(20)31-19)16(23)30-10-11-5-7-12(8-6-11)21(26)27/h5-8,14-15H,3-4,9-10H2,1-2H3/t14-,15+/m1/s1. The predicted octanol–water partition coefficient (Wildman–Crippen LogP) is 0.568. The van der Waals surface area contributed by atoms with Crippen molar-refractivity contribution in [1.29, 1.82) is 0 Å². The number of benzene rings is 1. The predicted molar refractivity (Wildman–Crippen MR) is 104 cm³/mol. The summed E-state index contributed by atoms with van der Waals surface area (Å²) in [6.45, 7) is 2.86. The Morgan fingerprint density at radius 1 is 1.13 bits per heavy atom. The van der Waals surface area contributed by atoms with Crippen LogP contribution in [-0.4, -0.2) is 72.8 Å². The van der Waals surface area contributed by atoms with Gasteiger partial charge in [0.1, 0.15) is 0 Å². The molecule has 0 aromatic heterocycles. The first-order chi connectivity index (χ1) is 14.8. The van der Waals surface area contributed by atoms with Gasteiger partial charge in [-0.05, 0) is 0 Å². The molecule has 2 aliphatic rings. The molecule has 2 heterocycles. The molecular formula is C19H20N2O9Se. The summed E-state index contributed by atoms with van der Waals surface area (Å²) in [6, 6.07) is 3.89. The third-order valence-corrected chi connectivity index (χ3v) is 8.19. The van der Waals surface area contributed by atoms with E-state index in [4.69, 9.17) is 14.2 Å². The number of amides is 1. The second kappa shape index (κ2) is 9.03. The maximum atomic E-state index is 13.0. The van der Waals surface area contributed by atoms with Gasteiger partial charge in [0.05, 0.1) is 0 Å². The van der Waals surface area contributed by atoms with E-state index >= 15 is 0 Å². The van der Waals surface area contributed by atoms with Crippen molar-refractivity contribution < 1.29 is 38.3 Å². The molecule has 0 bridgehead atoms. The average Bonchev–Trinajstić information content (AvgIpc) is 3.02. The van der Waals surface area contributed by atoms with E-state index in [1.165, 1.54) is 29.2 Å². The van der Waals surface area contributed by atoms with E-state index in [1.54, 1.807) is 13.8 Å². The van der Waals surface area contributed by atoms with Crippen LogP contribution < -0.4 is 0 Å². The Labute approximate surface area is 183 Å². The van der Waals surface area contributed by atoms with E-state index in [2.05, 4.69) is 0 Å². The van der Waals surface area contributed by atoms with Crippen LogP contribution in [0.1, 0.15) is 25.8 Å². The molecule has 3 rings (SSSR count). The van der Waals surface area contributed by atoms with Crippen LogP contribution in [-0.2, 0) is 40.0 Å². The number of carbonyl (C=O) groups is 4. The Morgan fingerprint density at radius 3 is 2.19 bits per heavy atom. The van der Waals surface area contributed by atoms with Gasteiger partial charge in [-0.2, -0.15) is 0 Å². The third-order valence-electron chi connectivity index (χ3n) is 4.84. The zero-order valence-electron chi connectivity index (χ0n) is 16.8. The van der Waals surface area contributed by atoms with Crippen LogP contribution in [0.3, 0.4) is 0 Å². The number of rotatable bonds is 8. The molecule has 2 aliphatic heterocycles. The fourth-order valence-electron chi connectivity index (χ4n) is 3.39. The van der Waals surface area contributed by atoms with Crippen molar-refractivity contribution >= 4 is 44.5 Å². The summed E-state index contributed by atoms with van der Waals surface area (Å²) in [7, 11) is 0. The number of hydrogen-bond acceptors (Lipinski definition) is 9. The number of nitro groups is 1. The van der Waals surface area contributed by atoms with E-state index in [0.29, 0.717) is 5.56 Å². The molecule has 0 saturated carbocycles. The average molecular weight is 499 g/mol. The molecule has 1 amide bonds. The van der Waals surface area contributed by atoms with Gasteiger partial charge in [0.25, 0.3) is 0 Å². The minimum atomic E-state index is -1.94. The summed E-state index contributed by atoms with van der Waals surface area (Å²) < 4.78 is 13.6. The SMILES string of the molecule is CCOC(=O)C1(C(=O)OCC)[Se][C@@H]2CC(=O)N2[C@H]1C(=O)OCc1ccc([N+](=O)[O-])cc1. The van der Waals surface area contributed by atoms with Gasteiger partial charge in [0.2, 0.25) is 0 Å². The molecule has 0 spiro atoms. The Kier molecular flexibility index (Phi) is 6.61. The van der Waals surface area contributed by atoms with Crippen LogP contribution in [0.5, 0.6) is 0 Å². The zero-order chi connectivity index (χ0) is 22.8. The van der Waals surface area contributed by atoms with E-state index in [-0.39, 0.29) is 37.8 Å². The number of hydrogen-bond donors (Lipinski definition) is 0. The molecule has 0 aliphatic carbocycles. The Balaban J connectivity index is 1.87. The molecule has 1 aromatic carbocycles. The van der Waals surface area contributed by atoms with Gasteiger partial charge < -0.3 is 0 Å². The Bertz CT molecular complexity index is 899. The van der Waals surface area contributed by atoms with Crippen molar-refractivity contribution in [3.63, 3.8) is 0 Å². The molecule has 0 N–H and O–H groups in total. The van der Waals surface area contributed by atoms with Crippen molar-refractivity contribution in [3.8, 4) is 0 Å². The van der Waals surface area contributed by atoms with Gasteiger partial charge in [-0.1, -0.05) is 0 Å². The number of fused-ring (bicyclic) bond motifs is 1. The molecule has 1 aromatic rings. The fraction of sp³-hybridized carbons (Fsp3) is 0.474. The van der Waals surface area contributed by atoms with Gasteiger partial charge in [0, 0.05) is 0 Å². The van der Waals surface area contributed by atoms with E-state index in [9.17, 15) is 29.3 Å². The summed E-state index contributed by atoms with van der Waals surface area (Å²) >= 11 is -0.795. The molecule has 31 heavy (non-hydrogen) atoms. The molecule has 0 unspecified atom stereocenters. The van der Waals surface area contributed by atoms with Gasteiger partial charge in [0.15, 0.2) is 0 Å². The van der Waals surface area contributed by atoms with Crippen molar-refractivity contribution in [2.24, 2.45) is 0 Å². The molecule has 12 heteroatoms. The molecule has 0 radical (unpaired) electrons. The van der Waals surface area contributed by atoms with Crippen LogP contribution in [0.2, 0.25) is 4.31 Å². The van der Waals surface area contributed by atoms with Gasteiger partial charge in [-0.25, -0.2) is 0 Å². The number of β-lactam (4-membered cyclic amide) rings is 1. The zero-order valence-corrected chi connectivity index (χ0v) is 18.5. The molecule has 11 nitrogen and oxygen atoms in total. The van der Waals surface area contributed by atoms with Crippen LogP contribution in [0, 0.1) is 10.1 Å². The summed E-state index contributed by atoms with van der Waals surface area (Å²) in [4.78, 5) is 62.0. The van der Waals surface area contributed by atoms with E-state index in [1.807, 2.05) is 0 Å².